The van der Waals surface area contributed by atoms with Crippen molar-refractivity contribution in [3.8, 4) is 0 Å². The highest BCUT2D eigenvalue weighted by molar-refractivity contribution is 9.10. The van der Waals surface area contributed by atoms with Crippen LogP contribution in [0.2, 0.25) is 0 Å². The highest BCUT2D eigenvalue weighted by atomic mass is 79.9. The molecule has 0 amide bonds. The van der Waals surface area contributed by atoms with Gasteiger partial charge in [-0.15, -0.1) is 0 Å². The third-order valence-corrected chi connectivity index (χ3v) is 3.68. The van der Waals surface area contributed by atoms with Crippen molar-refractivity contribution in [3.63, 3.8) is 0 Å². The molecule has 0 N–H and O–H groups in total. The zero-order chi connectivity index (χ0) is 11.5. The SMILES string of the molecule is COC1CN(c2cncc(Br)c2)CCC1C. The number of halogens is 1. The molecule has 2 heterocycles. The Balaban J connectivity index is 2.11. The van der Waals surface area contributed by atoms with Crippen molar-refractivity contribution < 1.29 is 4.74 Å². The molecule has 0 aromatic carbocycles. The molecule has 16 heavy (non-hydrogen) atoms. The van der Waals surface area contributed by atoms with Crippen molar-refractivity contribution in [2.75, 3.05) is 25.1 Å². The van der Waals surface area contributed by atoms with E-state index in [0.29, 0.717) is 12.0 Å². The van der Waals surface area contributed by atoms with Crippen LogP contribution in [-0.2, 0) is 4.74 Å². The molecule has 1 fully saturated rings. The van der Waals surface area contributed by atoms with E-state index in [1.807, 2.05) is 12.4 Å². The van der Waals surface area contributed by atoms with Crippen molar-refractivity contribution in [3.05, 3.63) is 22.9 Å². The fraction of sp³-hybridized carbons (Fsp3) is 0.583. The maximum atomic E-state index is 5.51. The molecule has 1 aromatic heterocycles. The lowest BCUT2D eigenvalue weighted by Crippen LogP contribution is -2.43. The van der Waals surface area contributed by atoms with Gasteiger partial charge in [0.15, 0.2) is 0 Å². The lowest BCUT2D eigenvalue weighted by atomic mass is 9.95. The summed E-state index contributed by atoms with van der Waals surface area (Å²) in [5.41, 5.74) is 1.17. The molecular weight excluding hydrogens is 268 g/mol. The number of anilines is 1. The first-order valence-corrected chi connectivity index (χ1v) is 6.38. The van der Waals surface area contributed by atoms with Gasteiger partial charge in [-0.1, -0.05) is 6.92 Å². The van der Waals surface area contributed by atoms with Crippen LogP contribution in [0.1, 0.15) is 13.3 Å². The van der Waals surface area contributed by atoms with Gasteiger partial charge in [-0.2, -0.15) is 0 Å². The summed E-state index contributed by atoms with van der Waals surface area (Å²) in [4.78, 5) is 6.54. The highest BCUT2D eigenvalue weighted by Crippen LogP contribution is 2.25. The minimum atomic E-state index is 0.327. The number of aromatic nitrogens is 1. The molecule has 4 heteroatoms. The van der Waals surface area contributed by atoms with E-state index in [0.717, 1.165) is 17.6 Å². The van der Waals surface area contributed by atoms with Crippen LogP contribution in [0.4, 0.5) is 5.69 Å². The van der Waals surface area contributed by atoms with Gasteiger partial charge in [0.1, 0.15) is 0 Å². The topological polar surface area (TPSA) is 25.4 Å². The third-order valence-electron chi connectivity index (χ3n) is 3.25. The highest BCUT2D eigenvalue weighted by Gasteiger charge is 2.26. The predicted octanol–water partition coefficient (Wildman–Crippen LogP) is 2.71. The molecule has 0 spiro atoms. The van der Waals surface area contributed by atoms with Crippen molar-refractivity contribution in [2.45, 2.75) is 19.4 Å². The molecule has 0 bridgehead atoms. The molecule has 1 aliphatic heterocycles. The molecule has 1 saturated heterocycles. The van der Waals surface area contributed by atoms with E-state index >= 15 is 0 Å². The summed E-state index contributed by atoms with van der Waals surface area (Å²) in [6, 6.07) is 2.11. The maximum Gasteiger partial charge on any atom is 0.0772 e. The monoisotopic (exact) mass is 284 g/mol. The Hall–Kier alpha value is -0.610. The molecule has 2 unspecified atom stereocenters. The zero-order valence-electron chi connectivity index (χ0n) is 9.69. The number of ether oxygens (including phenoxy) is 1. The van der Waals surface area contributed by atoms with Gasteiger partial charge >= 0.3 is 0 Å². The molecule has 1 aliphatic rings. The molecular formula is C12H17BrN2O. The number of rotatable bonds is 2. The summed E-state index contributed by atoms with van der Waals surface area (Å²) in [6.07, 6.45) is 5.22. The first kappa shape index (κ1) is 11.9. The van der Waals surface area contributed by atoms with Crippen LogP contribution in [0.15, 0.2) is 22.9 Å². The molecule has 0 radical (unpaired) electrons. The maximum absolute atomic E-state index is 5.51. The average Bonchev–Trinajstić information content (AvgIpc) is 2.29. The van der Waals surface area contributed by atoms with Crippen LogP contribution in [0.25, 0.3) is 0 Å². The van der Waals surface area contributed by atoms with Crippen molar-refractivity contribution in [1.82, 2.24) is 4.98 Å². The van der Waals surface area contributed by atoms with Crippen molar-refractivity contribution in [1.29, 1.82) is 0 Å². The van der Waals surface area contributed by atoms with E-state index < -0.39 is 0 Å². The quantitative estimate of drug-likeness (QED) is 0.835. The Labute approximate surface area is 105 Å². The lowest BCUT2D eigenvalue weighted by Gasteiger charge is -2.37. The van der Waals surface area contributed by atoms with Crippen LogP contribution in [0.3, 0.4) is 0 Å². The van der Waals surface area contributed by atoms with Gasteiger partial charge in [0.05, 0.1) is 18.0 Å². The van der Waals surface area contributed by atoms with Crippen LogP contribution in [0, 0.1) is 5.92 Å². The molecule has 0 aliphatic carbocycles. The number of hydrogen-bond acceptors (Lipinski definition) is 3. The van der Waals surface area contributed by atoms with E-state index in [-0.39, 0.29) is 0 Å². The molecule has 3 nitrogen and oxygen atoms in total. The molecule has 2 rings (SSSR count). The number of piperidine rings is 1. The standard InChI is InChI=1S/C12H17BrN2O/c1-9-3-4-15(8-12(9)16-2)11-5-10(13)6-14-7-11/h5-7,9,12H,3-4,8H2,1-2H3. The first-order chi connectivity index (χ1) is 7.70. The Kier molecular flexibility index (Phi) is 3.82. The van der Waals surface area contributed by atoms with E-state index in [1.165, 1.54) is 12.1 Å². The van der Waals surface area contributed by atoms with Crippen LogP contribution >= 0.6 is 15.9 Å². The third kappa shape index (κ3) is 2.55. The van der Waals surface area contributed by atoms with Gasteiger partial charge in [0, 0.05) is 30.9 Å². The van der Waals surface area contributed by atoms with E-state index in [1.54, 1.807) is 7.11 Å². The lowest BCUT2D eigenvalue weighted by molar-refractivity contribution is 0.0498. The van der Waals surface area contributed by atoms with Gasteiger partial charge in [-0.3, -0.25) is 4.98 Å². The molecule has 88 valence electrons. The fourth-order valence-electron chi connectivity index (χ4n) is 2.15. The first-order valence-electron chi connectivity index (χ1n) is 5.59. The Morgan fingerprint density at radius 2 is 2.31 bits per heavy atom. The van der Waals surface area contributed by atoms with Gasteiger partial charge in [0.25, 0.3) is 0 Å². The van der Waals surface area contributed by atoms with Gasteiger partial charge in [-0.05, 0) is 34.3 Å². The van der Waals surface area contributed by atoms with E-state index in [4.69, 9.17) is 4.74 Å². The second kappa shape index (κ2) is 5.15. The molecule has 0 saturated carbocycles. The largest absolute Gasteiger partial charge is 0.379 e. The van der Waals surface area contributed by atoms with Crippen molar-refractivity contribution >= 4 is 21.6 Å². The number of methoxy groups -OCH3 is 1. The van der Waals surface area contributed by atoms with Gasteiger partial charge in [-0.25, -0.2) is 0 Å². The summed E-state index contributed by atoms with van der Waals surface area (Å²) in [5, 5.41) is 0. The minimum absolute atomic E-state index is 0.327. The van der Waals surface area contributed by atoms with Gasteiger partial charge in [0.2, 0.25) is 0 Å². The summed E-state index contributed by atoms with van der Waals surface area (Å²) in [7, 11) is 1.80. The van der Waals surface area contributed by atoms with Crippen molar-refractivity contribution in [2.24, 2.45) is 5.92 Å². The van der Waals surface area contributed by atoms with Crippen LogP contribution in [0.5, 0.6) is 0 Å². The molecule has 2 atom stereocenters. The average molecular weight is 285 g/mol. The predicted molar refractivity (Wildman–Crippen MR) is 68.7 cm³/mol. The zero-order valence-corrected chi connectivity index (χ0v) is 11.3. The normalized spacial score (nSPS) is 25.8. The Morgan fingerprint density at radius 3 is 3.00 bits per heavy atom. The minimum Gasteiger partial charge on any atom is -0.379 e. The fourth-order valence-corrected chi connectivity index (χ4v) is 2.50. The summed E-state index contributed by atoms with van der Waals surface area (Å²) in [5.74, 6) is 0.640. The smallest absolute Gasteiger partial charge is 0.0772 e. The Bertz CT molecular complexity index is 359. The van der Waals surface area contributed by atoms with Crippen LogP contribution in [-0.4, -0.2) is 31.3 Å². The van der Waals surface area contributed by atoms with E-state index in [9.17, 15) is 0 Å². The molecule has 1 aromatic rings. The second-order valence-corrected chi connectivity index (χ2v) is 5.26. The number of nitrogens with zero attached hydrogens (tertiary/aromatic N) is 2. The summed E-state index contributed by atoms with van der Waals surface area (Å²) < 4.78 is 6.54. The summed E-state index contributed by atoms with van der Waals surface area (Å²) >= 11 is 3.45. The second-order valence-electron chi connectivity index (χ2n) is 4.35. The number of pyridine rings is 1. The van der Waals surface area contributed by atoms with E-state index in [2.05, 4.69) is 38.8 Å². The Morgan fingerprint density at radius 1 is 1.50 bits per heavy atom. The number of hydrogen-bond donors (Lipinski definition) is 0. The van der Waals surface area contributed by atoms with Gasteiger partial charge < -0.3 is 9.64 Å². The van der Waals surface area contributed by atoms with Crippen LogP contribution < -0.4 is 4.90 Å². The summed E-state index contributed by atoms with van der Waals surface area (Å²) in [6.45, 7) is 4.29.